The fraction of sp³-hybridized carbons (Fsp3) is 0.304. The van der Waals surface area contributed by atoms with Crippen LogP contribution in [0.15, 0.2) is 53.3 Å². The molecule has 11 heteroatoms. The molecule has 0 radical (unpaired) electrons. The normalized spacial score (nSPS) is 12.4. The Bertz CT molecular complexity index is 1250. The van der Waals surface area contributed by atoms with Gasteiger partial charge in [-0.15, -0.1) is 13.2 Å². The number of anilines is 1. The zero-order valence-electron chi connectivity index (χ0n) is 18.6. The Hall–Kier alpha value is -3.89. The van der Waals surface area contributed by atoms with Gasteiger partial charge in [-0.2, -0.15) is 5.10 Å². The minimum Gasteiger partial charge on any atom is -0.448 e. The van der Waals surface area contributed by atoms with Gasteiger partial charge in [-0.25, -0.2) is 9.48 Å². The summed E-state index contributed by atoms with van der Waals surface area (Å²) < 4.78 is 47.0. The molecular formula is C23H22F3N3O5. The fourth-order valence-electron chi connectivity index (χ4n) is 3.11. The quantitative estimate of drug-likeness (QED) is 0.514. The lowest BCUT2D eigenvalue weighted by molar-refractivity contribution is -0.274. The lowest BCUT2D eigenvalue weighted by Crippen LogP contribution is -2.32. The zero-order valence-corrected chi connectivity index (χ0v) is 18.6. The Morgan fingerprint density at radius 1 is 1.03 bits per heavy atom. The molecule has 1 atom stereocenters. The molecule has 1 unspecified atom stereocenters. The average Bonchev–Trinajstić information content (AvgIpc) is 2.75. The van der Waals surface area contributed by atoms with Crippen LogP contribution in [0.25, 0.3) is 10.8 Å². The summed E-state index contributed by atoms with van der Waals surface area (Å²) in [5.74, 6) is -1.96. The van der Waals surface area contributed by atoms with E-state index in [1.807, 2.05) is 13.8 Å². The molecule has 34 heavy (non-hydrogen) atoms. The third-order valence-electron chi connectivity index (χ3n) is 4.61. The third kappa shape index (κ3) is 6.12. The Kier molecular flexibility index (Phi) is 7.23. The van der Waals surface area contributed by atoms with E-state index < -0.39 is 30.1 Å². The van der Waals surface area contributed by atoms with Gasteiger partial charge in [-0.1, -0.05) is 32.0 Å². The largest absolute Gasteiger partial charge is 0.573 e. The summed E-state index contributed by atoms with van der Waals surface area (Å²) in [6.45, 7) is 5.42. The van der Waals surface area contributed by atoms with Gasteiger partial charge in [0.15, 0.2) is 11.8 Å². The molecule has 2 aromatic carbocycles. The highest BCUT2D eigenvalue weighted by Crippen LogP contribution is 2.24. The molecule has 1 N–H and O–H groups in total. The maximum Gasteiger partial charge on any atom is 0.573 e. The third-order valence-corrected chi connectivity index (χ3v) is 4.61. The van der Waals surface area contributed by atoms with Crippen LogP contribution in [-0.4, -0.2) is 34.1 Å². The van der Waals surface area contributed by atoms with Gasteiger partial charge in [0, 0.05) is 17.6 Å². The molecule has 8 nitrogen and oxygen atoms in total. The van der Waals surface area contributed by atoms with E-state index in [4.69, 9.17) is 4.74 Å². The highest BCUT2D eigenvalue weighted by Gasteiger charge is 2.31. The van der Waals surface area contributed by atoms with Gasteiger partial charge in [0.25, 0.3) is 11.5 Å². The zero-order chi connectivity index (χ0) is 25.0. The van der Waals surface area contributed by atoms with E-state index in [-0.39, 0.29) is 29.4 Å². The number of benzene rings is 2. The first-order chi connectivity index (χ1) is 15.9. The maximum atomic E-state index is 12.8. The van der Waals surface area contributed by atoms with Crippen molar-refractivity contribution < 1.29 is 32.2 Å². The molecule has 1 aromatic heterocycles. The number of aromatic nitrogens is 2. The van der Waals surface area contributed by atoms with Crippen LogP contribution in [0, 0.1) is 5.92 Å². The maximum absolute atomic E-state index is 12.8. The predicted molar refractivity (Wildman–Crippen MR) is 117 cm³/mol. The highest BCUT2D eigenvalue weighted by atomic mass is 19.4. The standard InChI is InChI=1S/C23H22F3N3O5/c1-13(2)12-29-21(31)18-7-5-4-6-17(18)19(28-29)22(32)33-14(3)20(30)27-15-8-10-16(11-9-15)34-23(24,25)26/h4-11,13-14H,12H2,1-3H3,(H,27,30). The summed E-state index contributed by atoms with van der Waals surface area (Å²) in [5.41, 5.74) is -0.273. The van der Waals surface area contributed by atoms with Gasteiger partial charge < -0.3 is 14.8 Å². The van der Waals surface area contributed by atoms with Crippen molar-refractivity contribution in [3.8, 4) is 5.75 Å². The topological polar surface area (TPSA) is 99.5 Å². The van der Waals surface area contributed by atoms with E-state index in [1.165, 1.54) is 23.7 Å². The number of hydrogen-bond donors (Lipinski definition) is 1. The second-order valence-corrected chi connectivity index (χ2v) is 7.88. The van der Waals surface area contributed by atoms with Crippen molar-refractivity contribution in [2.75, 3.05) is 5.32 Å². The number of nitrogens with one attached hydrogen (secondary N) is 1. The van der Waals surface area contributed by atoms with Gasteiger partial charge in [0.1, 0.15) is 5.75 Å². The number of halogens is 3. The molecule has 3 aromatic rings. The molecular weight excluding hydrogens is 455 g/mol. The van der Waals surface area contributed by atoms with Crippen molar-refractivity contribution in [2.24, 2.45) is 5.92 Å². The van der Waals surface area contributed by atoms with Crippen LogP contribution in [0.1, 0.15) is 31.3 Å². The van der Waals surface area contributed by atoms with Gasteiger partial charge in [-0.05, 0) is 43.2 Å². The first-order valence-corrected chi connectivity index (χ1v) is 10.3. The average molecular weight is 477 g/mol. The summed E-state index contributed by atoms with van der Waals surface area (Å²) >= 11 is 0. The molecule has 0 bridgehead atoms. The molecule has 0 aliphatic rings. The number of carbonyl (C=O) groups is 2. The Morgan fingerprint density at radius 2 is 1.65 bits per heavy atom. The first-order valence-electron chi connectivity index (χ1n) is 10.3. The molecule has 3 rings (SSSR count). The summed E-state index contributed by atoms with van der Waals surface area (Å²) in [6.07, 6.45) is -6.09. The number of amides is 1. The monoisotopic (exact) mass is 477 g/mol. The van der Waals surface area contributed by atoms with Crippen molar-refractivity contribution in [1.29, 1.82) is 0 Å². The predicted octanol–water partition coefficient (Wildman–Crippen LogP) is 4.14. The van der Waals surface area contributed by atoms with Crippen LogP contribution in [0.5, 0.6) is 5.75 Å². The number of carbonyl (C=O) groups excluding carboxylic acids is 2. The molecule has 1 amide bonds. The second kappa shape index (κ2) is 9.94. The molecule has 0 aliphatic carbocycles. The molecule has 0 saturated carbocycles. The first kappa shape index (κ1) is 24.7. The molecule has 1 heterocycles. The van der Waals surface area contributed by atoms with Crippen LogP contribution in [-0.2, 0) is 16.1 Å². The Balaban J connectivity index is 1.75. The van der Waals surface area contributed by atoms with Crippen LogP contribution in [0.3, 0.4) is 0 Å². The van der Waals surface area contributed by atoms with Gasteiger partial charge in [0.2, 0.25) is 0 Å². The summed E-state index contributed by atoms with van der Waals surface area (Å²) in [6, 6.07) is 11.0. The SMILES string of the molecule is CC(C)Cn1nc(C(=O)OC(C)C(=O)Nc2ccc(OC(F)(F)F)cc2)c2ccccc2c1=O. The van der Waals surface area contributed by atoms with Crippen molar-refractivity contribution >= 4 is 28.3 Å². The number of alkyl halides is 3. The number of rotatable bonds is 7. The molecule has 0 saturated heterocycles. The van der Waals surface area contributed by atoms with Crippen LogP contribution >= 0.6 is 0 Å². The van der Waals surface area contributed by atoms with E-state index in [1.54, 1.807) is 24.3 Å². The van der Waals surface area contributed by atoms with Crippen LogP contribution in [0.2, 0.25) is 0 Å². The Morgan fingerprint density at radius 3 is 2.24 bits per heavy atom. The molecule has 0 aliphatic heterocycles. The van der Waals surface area contributed by atoms with E-state index in [2.05, 4.69) is 15.2 Å². The molecule has 180 valence electrons. The molecule has 0 spiro atoms. The van der Waals surface area contributed by atoms with Crippen molar-refractivity contribution in [3.63, 3.8) is 0 Å². The summed E-state index contributed by atoms with van der Waals surface area (Å²) in [4.78, 5) is 38.0. The lowest BCUT2D eigenvalue weighted by Gasteiger charge is -2.16. The number of hydrogen-bond acceptors (Lipinski definition) is 6. The van der Waals surface area contributed by atoms with Crippen molar-refractivity contribution in [2.45, 2.75) is 39.8 Å². The number of fused-ring (bicyclic) bond motifs is 1. The van der Waals surface area contributed by atoms with Crippen LogP contribution < -0.4 is 15.6 Å². The number of esters is 1. The van der Waals surface area contributed by atoms with Gasteiger partial charge in [-0.3, -0.25) is 9.59 Å². The minimum atomic E-state index is -4.83. The smallest absolute Gasteiger partial charge is 0.448 e. The lowest BCUT2D eigenvalue weighted by atomic mass is 10.1. The summed E-state index contributed by atoms with van der Waals surface area (Å²) in [7, 11) is 0. The van der Waals surface area contributed by atoms with Crippen molar-refractivity contribution in [1.82, 2.24) is 9.78 Å². The second-order valence-electron chi connectivity index (χ2n) is 7.88. The van der Waals surface area contributed by atoms with Crippen LogP contribution in [0.4, 0.5) is 18.9 Å². The summed E-state index contributed by atoms with van der Waals surface area (Å²) in [5, 5.41) is 7.20. The van der Waals surface area contributed by atoms with Crippen molar-refractivity contribution in [3.05, 3.63) is 64.6 Å². The van der Waals surface area contributed by atoms with E-state index >= 15 is 0 Å². The minimum absolute atomic E-state index is 0.0906. The van der Waals surface area contributed by atoms with E-state index in [0.29, 0.717) is 10.8 Å². The van der Waals surface area contributed by atoms with Gasteiger partial charge >= 0.3 is 12.3 Å². The number of nitrogens with zero attached hydrogens (tertiary/aromatic N) is 2. The fourth-order valence-corrected chi connectivity index (χ4v) is 3.11. The van der Waals surface area contributed by atoms with E-state index in [0.717, 1.165) is 12.1 Å². The highest BCUT2D eigenvalue weighted by molar-refractivity contribution is 6.03. The van der Waals surface area contributed by atoms with E-state index in [9.17, 15) is 27.6 Å². The van der Waals surface area contributed by atoms with Gasteiger partial charge in [0.05, 0.1) is 5.39 Å². The molecule has 0 fully saturated rings. The number of ether oxygens (including phenoxy) is 2. The Labute approximate surface area is 192 Å².